The van der Waals surface area contributed by atoms with E-state index in [1.807, 2.05) is 44.2 Å². The second-order valence-electron chi connectivity index (χ2n) is 5.63. The van der Waals surface area contributed by atoms with Gasteiger partial charge >= 0.3 is 12.0 Å². The van der Waals surface area contributed by atoms with E-state index in [4.69, 9.17) is 5.11 Å². The molecule has 1 rings (SSSR count). The normalized spacial score (nSPS) is 12.0. The molecule has 0 heterocycles. The summed E-state index contributed by atoms with van der Waals surface area (Å²) in [6.07, 6.45) is 1.17. The number of nitrogens with zero attached hydrogens (tertiary/aromatic N) is 1. The number of nitrogens with one attached hydrogen (secondary N) is 1. The zero-order valence-corrected chi connectivity index (χ0v) is 12.9. The molecule has 0 radical (unpaired) electrons. The van der Waals surface area contributed by atoms with Crippen LogP contribution in [0.5, 0.6) is 0 Å². The molecule has 0 unspecified atom stereocenters. The van der Waals surface area contributed by atoms with E-state index in [0.29, 0.717) is 13.0 Å². The van der Waals surface area contributed by atoms with Gasteiger partial charge in [-0.2, -0.15) is 0 Å². The number of hydrogen-bond donors (Lipinski definition) is 2. The molecule has 2 N–H and O–H groups in total. The van der Waals surface area contributed by atoms with Gasteiger partial charge in [-0.3, -0.25) is 0 Å². The van der Waals surface area contributed by atoms with Crippen molar-refractivity contribution in [2.24, 2.45) is 5.92 Å². The van der Waals surface area contributed by atoms with Crippen LogP contribution in [-0.2, 0) is 11.2 Å². The zero-order valence-electron chi connectivity index (χ0n) is 12.9. The predicted octanol–water partition coefficient (Wildman–Crippen LogP) is 2.37. The lowest BCUT2D eigenvalue weighted by atomic mass is 10.0. The highest BCUT2D eigenvalue weighted by Crippen LogP contribution is 2.06. The predicted molar refractivity (Wildman–Crippen MR) is 82.2 cm³/mol. The van der Waals surface area contributed by atoms with Gasteiger partial charge in [0, 0.05) is 13.6 Å². The molecular formula is C16H24N2O3. The largest absolute Gasteiger partial charge is 0.480 e. The first-order chi connectivity index (χ1) is 9.90. The molecule has 0 saturated carbocycles. The summed E-state index contributed by atoms with van der Waals surface area (Å²) < 4.78 is 0. The van der Waals surface area contributed by atoms with Gasteiger partial charge in [0.2, 0.25) is 0 Å². The Kier molecular flexibility index (Phi) is 6.72. The van der Waals surface area contributed by atoms with E-state index in [1.165, 1.54) is 4.90 Å². The fourth-order valence-electron chi connectivity index (χ4n) is 2.00. The van der Waals surface area contributed by atoms with Gasteiger partial charge in [0.25, 0.3) is 0 Å². The number of hydrogen-bond acceptors (Lipinski definition) is 2. The van der Waals surface area contributed by atoms with E-state index in [9.17, 15) is 9.59 Å². The van der Waals surface area contributed by atoms with E-state index in [2.05, 4.69) is 5.32 Å². The first-order valence-corrected chi connectivity index (χ1v) is 7.18. The van der Waals surface area contributed by atoms with Gasteiger partial charge in [-0.25, -0.2) is 9.59 Å². The van der Waals surface area contributed by atoms with Crippen molar-refractivity contribution in [2.75, 3.05) is 13.6 Å². The molecular weight excluding hydrogens is 268 g/mol. The first kappa shape index (κ1) is 17.0. The Labute approximate surface area is 126 Å². The first-order valence-electron chi connectivity index (χ1n) is 7.18. The maximum atomic E-state index is 12.0. The number of likely N-dealkylation sites (N-methyl/N-ethyl adjacent to an activating group) is 1. The Balaban J connectivity index is 2.47. The molecule has 5 heteroatoms. The molecule has 2 amide bonds. The number of rotatable bonds is 7. The second-order valence-corrected chi connectivity index (χ2v) is 5.63. The van der Waals surface area contributed by atoms with Crippen molar-refractivity contribution < 1.29 is 14.7 Å². The molecule has 0 aliphatic carbocycles. The minimum absolute atomic E-state index is 0.209. The van der Waals surface area contributed by atoms with Crippen molar-refractivity contribution >= 4 is 12.0 Å². The van der Waals surface area contributed by atoms with Crippen molar-refractivity contribution in [1.29, 1.82) is 0 Å². The van der Waals surface area contributed by atoms with Gasteiger partial charge in [-0.05, 0) is 24.3 Å². The molecule has 0 saturated heterocycles. The van der Waals surface area contributed by atoms with Crippen LogP contribution in [-0.4, -0.2) is 41.6 Å². The molecule has 0 bridgehead atoms. The maximum Gasteiger partial charge on any atom is 0.326 e. The summed E-state index contributed by atoms with van der Waals surface area (Å²) in [5.74, 6) is -0.783. The highest BCUT2D eigenvalue weighted by atomic mass is 16.4. The summed E-state index contributed by atoms with van der Waals surface area (Å²) in [4.78, 5) is 24.7. The van der Waals surface area contributed by atoms with Crippen LogP contribution in [0.4, 0.5) is 4.79 Å². The average molecular weight is 292 g/mol. The summed E-state index contributed by atoms with van der Waals surface area (Å²) in [5.41, 5.74) is 1.15. The number of benzene rings is 1. The molecule has 5 nitrogen and oxygen atoms in total. The van der Waals surface area contributed by atoms with Gasteiger partial charge in [-0.15, -0.1) is 0 Å². The molecule has 1 aromatic rings. The van der Waals surface area contributed by atoms with Gasteiger partial charge < -0.3 is 15.3 Å². The summed E-state index contributed by atoms with van der Waals surface area (Å²) in [5, 5.41) is 11.7. The zero-order chi connectivity index (χ0) is 15.8. The van der Waals surface area contributed by atoms with Crippen molar-refractivity contribution in [1.82, 2.24) is 10.2 Å². The summed E-state index contributed by atoms with van der Waals surface area (Å²) in [6, 6.07) is 8.69. The monoisotopic (exact) mass is 292 g/mol. The lowest BCUT2D eigenvalue weighted by Gasteiger charge is -2.22. The van der Waals surface area contributed by atoms with Crippen LogP contribution >= 0.6 is 0 Å². The fraction of sp³-hybridized carbons (Fsp3) is 0.500. The highest BCUT2D eigenvalue weighted by Gasteiger charge is 2.22. The molecule has 1 atom stereocenters. The van der Waals surface area contributed by atoms with Crippen LogP contribution in [0.15, 0.2) is 30.3 Å². The van der Waals surface area contributed by atoms with Gasteiger partial charge in [0.15, 0.2) is 0 Å². The van der Waals surface area contributed by atoms with E-state index < -0.39 is 12.0 Å². The molecule has 0 aromatic heterocycles. The third-order valence-corrected chi connectivity index (χ3v) is 3.23. The van der Waals surface area contributed by atoms with Gasteiger partial charge in [0.1, 0.15) is 6.04 Å². The Morgan fingerprint density at radius 3 is 2.38 bits per heavy atom. The molecule has 0 fully saturated rings. The SMILES string of the molecule is CC(C)C[C@@H](NC(=O)N(C)CCc1ccccc1)C(=O)O. The minimum Gasteiger partial charge on any atom is -0.480 e. The van der Waals surface area contributed by atoms with E-state index in [0.717, 1.165) is 12.0 Å². The van der Waals surface area contributed by atoms with E-state index >= 15 is 0 Å². The molecule has 21 heavy (non-hydrogen) atoms. The van der Waals surface area contributed by atoms with Crippen molar-refractivity contribution in [3.05, 3.63) is 35.9 Å². The second kappa shape index (κ2) is 8.29. The van der Waals surface area contributed by atoms with Crippen LogP contribution in [0.1, 0.15) is 25.8 Å². The Bertz CT molecular complexity index is 460. The standard InChI is InChI=1S/C16H24N2O3/c1-12(2)11-14(15(19)20)17-16(21)18(3)10-9-13-7-5-4-6-8-13/h4-8,12,14H,9-11H2,1-3H3,(H,17,21)(H,19,20)/t14-/m1/s1. The molecule has 1 aromatic carbocycles. The Morgan fingerprint density at radius 1 is 1.24 bits per heavy atom. The van der Waals surface area contributed by atoms with Crippen LogP contribution in [0.25, 0.3) is 0 Å². The lowest BCUT2D eigenvalue weighted by Crippen LogP contribution is -2.47. The average Bonchev–Trinajstić information content (AvgIpc) is 2.44. The quantitative estimate of drug-likeness (QED) is 0.810. The Morgan fingerprint density at radius 2 is 1.86 bits per heavy atom. The van der Waals surface area contributed by atoms with Crippen LogP contribution in [0, 0.1) is 5.92 Å². The van der Waals surface area contributed by atoms with Gasteiger partial charge in [0.05, 0.1) is 0 Å². The summed E-state index contributed by atoms with van der Waals surface area (Å²) in [6.45, 7) is 4.41. The van der Waals surface area contributed by atoms with Crippen molar-refractivity contribution in [3.63, 3.8) is 0 Å². The molecule has 0 spiro atoms. The number of urea groups is 1. The summed E-state index contributed by atoms with van der Waals surface area (Å²) >= 11 is 0. The minimum atomic E-state index is -0.992. The summed E-state index contributed by atoms with van der Waals surface area (Å²) in [7, 11) is 1.67. The topological polar surface area (TPSA) is 69.6 Å². The van der Waals surface area contributed by atoms with E-state index in [-0.39, 0.29) is 11.9 Å². The number of carboxylic acids is 1. The number of amides is 2. The number of aliphatic carboxylic acids is 1. The lowest BCUT2D eigenvalue weighted by molar-refractivity contribution is -0.139. The van der Waals surface area contributed by atoms with E-state index in [1.54, 1.807) is 7.05 Å². The third-order valence-electron chi connectivity index (χ3n) is 3.23. The molecule has 0 aliphatic heterocycles. The fourth-order valence-corrected chi connectivity index (χ4v) is 2.00. The highest BCUT2D eigenvalue weighted by molar-refractivity contribution is 5.82. The third kappa shape index (κ3) is 6.29. The van der Waals surface area contributed by atoms with Gasteiger partial charge in [-0.1, -0.05) is 44.2 Å². The number of carbonyl (C=O) groups is 2. The smallest absolute Gasteiger partial charge is 0.326 e. The molecule has 0 aliphatic rings. The number of carboxylic acid groups (broad SMARTS) is 1. The van der Waals surface area contributed by atoms with Crippen LogP contribution in [0.2, 0.25) is 0 Å². The molecule has 116 valence electrons. The maximum absolute atomic E-state index is 12.0. The van der Waals surface area contributed by atoms with Crippen LogP contribution in [0.3, 0.4) is 0 Å². The number of carbonyl (C=O) groups excluding carboxylic acids is 1. The van der Waals surface area contributed by atoms with Crippen LogP contribution < -0.4 is 5.32 Å². The Hall–Kier alpha value is -2.04. The van der Waals surface area contributed by atoms with Crippen molar-refractivity contribution in [2.45, 2.75) is 32.7 Å². The van der Waals surface area contributed by atoms with Crippen molar-refractivity contribution in [3.8, 4) is 0 Å².